The Kier molecular flexibility index (Phi) is 3.03. The summed E-state index contributed by atoms with van der Waals surface area (Å²) in [6.45, 7) is 0.0557. The lowest BCUT2D eigenvalue weighted by Gasteiger charge is -2.26. The van der Waals surface area contributed by atoms with Gasteiger partial charge in [0.25, 0.3) is 0 Å². The highest BCUT2D eigenvalue weighted by Gasteiger charge is 2.69. The molecular weight excluding hydrogens is 346 g/mol. The highest BCUT2D eigenvalue weighted by molar-refractivity contribution is 7.92. The van der Waals surface area contributed by atoms with Crippen LogP contribution in [0.1, 0.15) is 12.0 Å². The van der Waals surface area contributed by atoms with E-state index in [1.165, 1.54) is 24.3 Å². The molecule has 2 aliphatic rings. The van der Waals surface area contributed by atoms with Gasteiger partial charge in [-0.3, -0.25) is 0 Å². The summed E-state index contributed by atoms with van der Waals surface area (Å²) in [6.07, 6.45) is 0.214. The molecule has 23 heavy (non-hydrogen) atoms. The first-order valence-corrected chi connectivity index (χ1v) is 8.85. The molecule has 2 aromatic carbocycles. The maximum absolute atomic E-state index is 14.4. The quantitative estimate of drug-likeness (QED) is 0.824. The molecule has 2 aromatic rings. The highest BCUT2D eigenvalue weighted by Crippen LogP contribution is 2.65. The lowest BCUT2D eigenvalue weighted by molar-refractivity contribution is 0.255. The minimum atomic E-state index is -3.90. The Hall–Kier alpha value is -1.66. The molecular formula is C16H11ClF2O3S. The second-order valence-electron chi connectivity index (χ2n) is 5.79. The maximum atomic E-state index is 14.4. The smallest absolute Gasteiger partial charge is 0.188 e. The number of hydrogen-bond donors (Lipinski definition) is 0. The van der Waals surface area contributed by atoms with E-state index in [1.807, 2.05) is 0 Å². The minimum Gasteiger partial charge on any atom is -0.490 e. The molecule has 120 valence electrons. The fourth-order valence-electron chi connectivity index (χ4n) is 3.35. The molecule has 0 radical (unpaired) electrons. The largest absolute Gasteiger partial charge is 0.490 e. The topological polar surface area (TPSA) is 43.4 Å². The van der Waals surface area contributed by atoms with Crippen molar-refractivity contribution in [1.82, 2.24) is 0 Å². The van der Waals surface area contributed by atoms with Crippen molar-refractivity contribution in [3.63, 3.8) is 0 Å². The predicted molar refractivity (Wildman–Crippen MR) is 80.3 cm³/mol. The van der Waals surface area contributed by atoms with Crippen LogP contribution in [-0.2, 0) is 14.6 Å². The first-order valence-electron chi connectivity index (χ1n) is 6.99. The molecule has 4 rings (SSSR count). The summed E-state index contributed by atoms with van der Waals surface area (Å²) in [7, 11) is -3.90. The lowest BCUT2D eigenvalue weighted by atomic mass is 10.0. The number of hydrogen-bond acceptors (Lipinski definition) is 3. The standard InChI is InChI=1S/C16H11ClF2O3S/c17-10-1-3-11(4-2-10)23(20,21)16-7-9(16)8-22-15-13(19)6-5-12(18)14(15)16/h1-6,9H,7-8H2. The van der Waals surface area contributed by atoms with E-state index < -0.39 is 26.2 Å². The Morgan fingerprint density at radius 1 is 1.09 bits per heavy atom. The van der Waals surface area contributed by atoms with Crippen LogP contribution < -0.4 is 4.74 Å². The van der Waals surface area contributed by atoms with Gasteiger partial charge in [-0.05, 0) is 42.8 Å². The van der Waals surface area contributed by atoms with Crippen LogP contribution in [0, 0.1) is 17.6 Å². The van der Waals surface area contributed by atoms with Gasteiger partial charge < -0.3 is 4.74 Å². The zero-order valence-electron chi connectivity index (χ0n) is 11.7. The van der Waals surface area contributed by atoms with E-state index >= 15 is 0 Å². The Balaban J connectivity index is 1.95. The molecule has 1 fully saturated rings. The van der Waals surface area contributed by atoms with Crippen LogP contribution in [-0.4, -0.2) is 15.0 Å². The fourth-order valence-corrected chi connectivity index (χ4v) is 5.77. The van der Waals surface area contributed by atoms with Crippen LogP contribution in [0.25, 0.3) is 0 Å². The number of sulfone groups is 1. The van der Waals surface area contributed by atoms with Crippen LogP contribution in [0.3, 0.4) is 0 Å². The second kappa shape index (κ2) is 4.68. The lowest BCUT2D eigenvalue weighted by Crippen LogP contribution is -2.31. The molecule has 0 saturated heterocycles. The van der Waals surface area contributed by atoms with Crippen molar-refractivity contribution < 1.29 is 21.9 Å². The van der Waals surface area contributed by atoms with Gasteiger partial charge in [0.1, 0.15) is 10.6 Å². The molecule has 0 amide bonds. The van der Waals surface area contributed by atoms with Gasteiger partial charge in [0.05, 0.1) is 17.1 Å². The van der Waals surface area contributed by atoms with Gasteiger partial charge in [0.2, 0.25) is 0 Å². The number of halogens is 3. The van der Waals surface area contributed by atoms with Gasteiger partial charge in [-0.1, -0.05) is 11.6 Å². The third kappa shape index (κ3) is 1.88. The number of benzene rings is 2. The van der Waals surface area contributed by atoms with Crippen LogP contribution >= 0.6 is 11.6 Å². The van der Waals surface area contributed by atoms with Crippen LogP contribution in [0.4, 0.5) is 8.78 Å². The molecule has 3 nitrogen and oxygen atoms in total. The van der Waals surface area contributed by atoms with Crippen molar-refractivity contribution in [2.75, 3.05) is 6.61 Å². The Labute approximate surface area is 136 Å². The summed E-state index contributed by atoms with van der Waals surface area (Å²) in [5, 5.41) is 0.401. The summed E-state index contributed by atoms with van der Waals surface area (Å²) >= 11 is 5.80. The van der Waals surface area contributed by atoms with E-state index in [-0.39, 0.29) is 35.2 Å². The number of rotatable bonds is 2. The molecule has 0 spiro atoms. The molecule has 0 N–H and O–H groups in total. The first-order chi connectivity index (χ1) is 10.9. The van der Waals surface area contributed by atoms with Gasteiger partial charge >= 0.3 is 0 Å². The van der Waals surface area contributed by atoms with E-state index in [9.17, 15) is 17.2 Å². The molecule has 1 aliphatic heterocycles. The molecule has 2 unspecified atom stereocenters. The first kappa shape index (κ1) is 14.9. The van der Waals surface area contributed by atoms with Crippen LogP contribution in [0.15, 0.2) is 41.3 Å². The highest BCUT2D eigenvalue weighted by atomic mass is 35.5. The Morgan fingerprint density at radius 2 is 1.74 bits per heavy atom. The molecule has 2 atom stereocenters. The molecule has 0 aromatic heterocycles. The Bertz CT molecular complexity index is 912. The summed E-state index contributed by atoms with van der Waals surface area (Å²) in [5.41, 5.74) is -0.191. The molecule has 0 bridgehead atoms. The minimum absolute atomic E-state index is 0.0425. The predicted octanol–water partition coefficient (Wildman–Crippen LogP) is 3.70. The van der Waals surface area contributed by atoms with Crippen LogP contribution in [0.2, 0.25) is 5.02 Å². The second-order valence-corrected chi connectivity index (χ2v) is 8.44. The summed E-state index contributed by atoms with van der Waals surface area (Å²) in [4.78, 5) is 0.0425. The Morgan fingerprint density at radius 3 is 2.43 bits per heavy atom. The van der Waals surface area contributed by atoms with Crippen molar-refractivity contribution in [2.24, 2.45) is 5.92 Å². The van der Waals surface area contributed by atoms with E-state index in [0.717, 1.165) is 12.1 Å². The van der Waals surface area contributed by atoms with E-state index in [2.05, 4.69) is 0 Å². The zero-order valence-corrected chi connectivity index (χ0v) is 13.3. The van der Waals surface area contributed by atoms with Gasteiger partial charge in [0, 0.05) is 10.9 Å². The molecule has 1 saturated carbocycles. The third-order valence-electron chi connectivity index (χ3n) is 4.56. The van der Waals surface area contributed by atoms with E-state index in [1.54, 1.807) is 0 Å². The molecule has 1 aliphatic carbocycles. The van der Waals surface area contributed by atoms with Gasteiger partial charge in [-0.15, -0.1) is 0 Å². The zero-order chi connectivity index (χ0) is 16.4. The van der Waals surface area contributed by atoms with Crippen molar-refractivity contribution >= 4 is 21.4 Å². The van der Waals surface area contributed by atoms with E-state index in [4.69, 9.17) is 16.3 Å². The molecule has 7 heteroatoms. The van der Waals surface area contributed by atoms with Gasteiger partial charge in [-0.25, -0.2) is 17.2 Å². The number of ether oxygens (including phenoxy) is 1. The third-order valence-corrected chi connectivity index (χ3v) is 7.37. The summed E-state index contributed by atoms with van der Waals surface area (Å²) in [6, 6.07) is 7.58. The fraction of sp³-hybridized carbons (Fsp3) is 0.250. The van der Waals surface area contributed by atoms with Crippen molar-refractivity contribution in [3.8, 4) is 5.75 Å². The van der Waals surface area contributed by atoms with Gasteiger partial charge in [0.15, 0.2) is 21.4 Å². The van der Waals surface area contributed by atoms with Crippen molar-refractivity contribution in [3.05, 3.63) is 58.6 Å². The average molecular weight is 357 g/mol. The number of fused-ring (bicyclic) bond motifs is 3. The normalized spacial score (nSPS) is 25.3. The van der Waals surface area contributed by atoms with E-state index in [0.29, 0.717) is 5.02 Å². The van der Waals surface area contributed by atoms with Crippen molar-refractivity contribution in [1.29, 1.82) is 0 Å². The maximum Gasteiger partial charge on any atom is 0.188 e. The average Bonchev–Trinajstić information content (AvgIpc) is 3.27. The summed E-state index contributed by atoms with van der Waals surface area (Å²) in [5.74, 6) is -2.19. The summed E-state index contributed by atoms with van der Waals surface area (Å²) < 4.78 is 58.3. The SMILES string of the molecule is O=S(=O)(c1ccc(Cl)cc1)C12CC1COc1c(F)ccc(F)c12. The monoisotopic (exact) mass is 356 g/mol. The van der Waals surface area contributed by atoms with Crippen LogP contribution in [0.5, 0.6) is 5.75 Å². The van der Waals surface area contributed by atoms with Crippen molar-refractivity contribution in [2.45, 2.75) is 16.1 Å². The molecule has 1 heterocycles. The van der Waals surface area contributed by atoms with Gasteiger partial charge in [-0.2, -0.15) is 0 Å².